The highest BCUT2D eigenvalue weighted by Crippen LogP contribution is 2.50. The van der Waals surface area contributed by atoms with E-state index in [1.54, 1.807) is 27.7 Å². The first kappa shape index (κ1) is 20.0. The van der Waals surface area contributed by atoms with E-state index in [9.17, 15) is 9.90 Å². The largest absolute Gasteiger partial charge is 0.469 e. The molecule has 3 fully saturated rings. The van der Waals surface area contributed by atoms with Crippen molar-refractivity contribution < 1.29 is 38.3 Å². The van der Waals surface area contributed by atoms with Gasteiger partial charge in [0, 0.05) is 0 Å². The van der Waals surface area contributed by atoms with E-state index in [4.69, 9.17) is 28.4 Å². The number of carbonyl (C=O) groups excluding carboxylic acids is 1. The highest BCUT2D eigenvalue weighted by molar-refractivity contribution is 5.74. The molecule has 8 nitrogen and oxygen atoms in total. The molecule has 6 atom stereocenters. The molecule has 0 spiro atoms. The predicted molar refractivity (Wildman–Crippen MR) is 88.9 cm³/mol. The molecule has 3 aliphatic rings. The van der Waals surface area contributed by atoms with Crippen LogP contribution in [0.4, 0.5) is 0 Å². The molecule has 150 valence electrons. The number of hydrogen-bond acceptors (Lipinski definition) is 8. The first-order valence-electron chi connectivity index (χ1n) is 9.04. The van der Waals surface area contributed by atoms with Gasteiger partial charge < -0.3 is 33.5 Å². The van der Waals surface area contributed by atoms with Gasteiger partial charge in [-0.25, -0.2) is 0 Å². The van der Waals surface area contributed by atoms with Crippen molar-refractivity contribution >= 4 is 5.97 Å². The average Bonchev–Trinajstić information content (AvgIpc) is 3.09. The van der Waals surface area contributed by atoms with E-state index in [1.165, 1.54) is 7.11 Å². The molecule has 3 aliphatic heterocycles. The Kier molecular flexibility index (Phi) is 4.91. The third kappa shape index (κ3) is 3.16. The molecule has 0 aliphatic carbocycles. The second-order valence-electron chi connectivity index (χ2n) is 8.48. The SMILES string of the molecule is COC(=O)[C@@H](C(C)C)[C@@]1(O)[C@@H]([C@H]2COC(C)(C)O2)O[C@@H]2OC(C)(C)O[C@@H]21. The van der Waals surface area contributed by atoms with Crippen LogP contribution in [0.15, 0.2) is 0 Å². The van der Waals surface area contributed by atoms with Crippen molar-refractivity contribution in [2.45, 2.75) is 83.3 Å². The summed E-state index contributed by atoms with van der Waals surface area (Å²) in [6.07, 6.45) is -3.08. The summed E-state index contributed by atoms with van der Waals surface area (Å²) in [5.41, 5.74) is -1.69. The zero-order valence-electron chi connectivity index (χ0n) is 16.5. The van der Waals surface area contributed by atoms with Crippen molar-refractivity contribution in [3.8, 4) is 0 Å². The van der Waals surface area contributed by atoms with Gasteiger partial charge in [-0.2, -0.15) is 0 Å². The van der Waals surface area contributed by atoms with Crippen molar-refractivity contribution in [3.63, 3.8) is 0 Å². The smallest absolute Gasteiger partial charge is 0.312 e. The minimum absolute atomic E-state index is 0.222. The Labute approximate surface area is 154 Å². The van der Waals surface area contributed by atoms with Gasteiger partial charge in [0.05, 0.1) is 19.6 Å². The monoisotopic (exact) mass is 374 g/mol. The fourth-order valence-corrected chi connectivity index (χ4v) is 4.28. The maximum absolute atomic E-state index is 12.6. The standard InChI is InChI=1S/C18H30O8/c1-9(2)11(14(19)21-7)18(20)12(10-8-22-16(3,4)24-10)23-15-13(18)25-17(5,6)26-15/h9-13,15,20H,8H2,1-7H3/t10-,11-,12-,13+,15-,18-/m1/s1. The van der Waals surface area contributed by atoms with E-state index in [-0.39, 0.29) is 12.5 Å². The van der Waals surface area contributed by atoms with Gasteiger partial charge in [0.1, 0.15) is 23.9 Å². The highest BCUT2D eigenvalue weighted by Gasteiger charge is 2.70. The predicted octanol–water partition coefficient (Wildman–Crippen LogP) is 1.19. The first-order chi connectivity index (χ1) is 11.9. The van der Waals surface area contributed by atoms with Crippen LogP contribution < -0.4 is 0 Å². The Morgan fingerprint density at radius 1 is 1.08 bits per heavy atom. The molecule has 3 saturated heterocycles. The molecule has 0 aromatic rings. The van der Waals surface area contributed by atoms with E-state index in [1.807, 2.05) is 13.8 Å². The highest BCUT2D eigenvalue weighted by atomic mass is 16.8. The molecule has 0 amide bonds. The number of esters is 1. The van der Waals surface area contributed by atoms with Crippen molar-refractivity contribution in [2.24, 2.45) is 11.8 Å². The van der Waals surface area contributed by atoms with Crippen LogP contribution in [-0.4, -0.2) is 66.6 Å². The summed E-state index contributed by atoms with van der Waals surface area (Å²) in [5, 5.41) is 11.8. The van der Waals surface area contributed by atoms with E-state index in [0.29, 0.717) is 0 Å². The zero-order valence-corrected chi connectivity index (χ0v) is 16.5. The number of ether oxygens (including phenoxy) is 6. The summed E-state index contributed by atoms with van der Waals surface area (Å²) in [6, 6.07) is 0. The molecule has 8 heteroatoms. The molecule has 0 aromatic heterocycles. The molecule has 1 N–H and O–H groups in total. The second kappa shape index (κ2) is 6.39. The van der Waals surface area contributed by atoms with Gasteiger partial charge in [-0.3, -0.25) is 4.79 Å². The van der Waals surface area contributed by atoms with Gasteiger partial charge in [-0.15, -0.1) is 0 Å². The molecule has 0 unspecified atom stereocenters. The molecule has 26 heavy (non-hydrogen) atoms. The number of carbonyl (C=O) groups is 1. The lowest BCUT2D eigenvalue weighted by molar-refractivity contribution is -0.258. The van der Waals surface area contributed by atoms with Crippen LogP contribution >= 0.6 is 0 Å². The topological polar surface area (TPSA) is 92.7 Å². The van der Waals surface area contributed by atoms with Gasteiger partial charge in [0.15, 0.2) is 17.9 Å². The minimum Gasteiger partial charge on any atom is -0.469 e. The van der Waals surface area contributed by atoms with E-state index < -0.39 is 53.7 Å². The summed E-state index contributed by atoms with van der Waals surface area (Å²) in [7, 11) is 1.30. The lowest BCUT2D eigenvalue weighted by atomic mass is 9.72. The summed E-state index contributed by atoms with van der Waals surface area (Å²) < 4.78 is 34.3. The summed E-state index contributed by atoms with van der Waals surface area (Å²) in [5.74, 6) is -3.36. The summed E-state index contributed by atoms with van der Waals surface area (Å²) in [6.45, 7) is 11.0. The fraction of sp³-hybridized carbons (Fsp3) is 0.944. The third-order valence-electron chi connectivity index (χ3n) is 5.24. The summed E-state index contributed by atoms with van der Waals surface area (Å²) >= 11 is 0. The molecular weight excluding hydrogens is 344 g/mol. The molecular formula is C18H30O8. The van der Waals surface area contributed by atoms with Gasteiger partial charge in [-0.1, -0.05) is 13.8 Å². The quantitative estimate of drug-likeness (QED) is 0.734. The molecule has 0 saturated carbocycles. The Balaban J connectivity index is 2.00. The van der Waals surface area contributed by atoms with E-state index in [0.717, 1.165) is 0 Å². The van der Waals surface area contributed by atoms with Crippen LogP contribution in [0.3, 0.4) is 0 Å². The molecule has 0 aromatic carbocycles. The summed E-state index contributed by atoms with van der Waals surface area (Å²) in [4.78, 5) is 12.6. The average molecular weight is 374 g/mol. The van der Waals surface area contributed by atoms with Crippen molar-refractivity contribution in [1.82, 2.24) is 0 Å². The van der Waals surface area contributed by atoms with Crippen LogP contribution in [0.25, 0.3) is 0 Å². The van der Waals surface area contributed by atoms with Crippen LogP contribution in [0, 0.1) is 11.8 Å². The Morgan fingerprint density at radius 2 is 1.73 bits per heavy atom. The van der Waals surface area contributed by atoms with Crippen LogP contribution in [0.5, 0.6) is 0 Å². The maximum Gasteiger partial charge on any atom is 0.312 e. The van der Waals surface area contributed by atoms with Gasteiger partial charge in [0.25, 0.3) is 0 Å². The van der Waals surface area contributed by atoms with Crippen LogP contribution in [-0.2, 0) is 33.2 Å². The van der Waals surface area contributed by atoms with E-state index in [2.05, 4.69) is 0 Å². The lowest BCUT2D eigenvalue weighted by Gasteiger charge is -2.41. The van der Waals surface area contributed by atoms with Crippen molar-refractivity contribution in [2.75, 3.05) is 13.7 Å². The molecule has 0 radical (unpaired) electrons. The second-order valence-corrected chi connectivity index (χ2v) is 8.48. The number of hydrogen-bond donors (Lipinski definition) is 1. The minimum atomic E-state index is -1.69. The number of aliphatic hydroxyl groups is 1. The Hall–Kier alpha value is -0.770. The van der Waals surface area contributed by atoms with Gasteiger partial charge in [0.2, 0.25) is 0 Å². The number of rotatable bonds is 4. The maximum atomic E-state index is 12.6. The lowest BCUT2D eigenvalue weighted by Crippen LogP contribution is -2.62. The zero-order chi connectivity index (χ0) is 19.5. The molecule has 3 heterocycles. The molecule has 0 bridgehead atoms. The third-order valence-corrected chi connectivity index (χ3v) is 5.24. The normalized spacial score (nSPS) is 42.0. The number of methoxy groups -OCH3 is 1. The van der Waals surface area contributed by atoms with Gasteiger partial charge >= 0.3 is 5.97 Å². The Morgan fingerprint density at radius 3 is 2.23 bits per heavy atom. The van der Waals surface area contributed by atoms with Crippen LogP contribution in [0.1, 0.15) is 41.5 Å². The van der Waals surface area contributed by atoms with Gasteiger partial charge in [-0.05, 0) is 33.6 Å². The van der Waals surface area contributed by atoms with Crippen molar-refractivity contribution in [1.29, 1.82) is 0 Å². The first-order valence-corrected chi connectivity index (χ1v) is 9.04. The van der Waals surface area contributed by atoms with E-state index >= 15 is 0 Å². The number of fused-ring (bicyclic) bond motifs is 1. The van der Waals surface area contributed by atoms with Crippen LogP contribution in [0.2, 0.25) is 0 Å². The van der Waals surface area contributed by atoms with Crippen molar-refractivity contribution in [3.05, 3.63) is 0 Å². The molecule has 3 rings (SSSR count). The Bertz CT molecular complexity index is 559. The fourth-order valence-electron chi connectivity index (χ4n) is 4.28.